The number of aromatic nitrogens is 1. The fraction of sp³-hybridized carbons (Fsp3) is 0.150. The predicted molar refractivity (Wildman–Crippen MR) is 94.9 cm³/mol. The number of fused-ring (bicyclic) bond motifs is 1. The van der Waals surface area contributed by atoms with E-state index >= 15 is 0 Å². The first-order valence-corrected chi connectivity index (χ1v) is 7.52. The molecule has 3 rings (SSSR count). The Labute approximate surface area is 135 Å². The van der Waals surface area contributed by atoms with Gasteiger partial charge in [0.1, 0.15) is 12.4 Å². The molecule has 0 aliphatic carbocycles. The highest BCUT2D eigenvalue weighted by Gasteiger charge is 2.08. The molecule has 1 aromatic heterocycles. The maximum atomic E-state index is 12.6. The Morgan fingerprint density at radius 2 is 1.83 bits per heavy atom. The minimum absolute atomic E-state index is 0.000644. The zero-order valence-electron chi connectivity index (χ0n) is 13.4. The van der Waals surface area contributed by atoms with Crippen LogP contribution in [0.4, 0.5) is 0 Å². The Morgan fingerprint density at radius 1 is 1.13 bits per heavy atom. The minimum Gasteiger partial charge on any atom is -0.489 e. The largest absolute Gasteiger partial charge is 0.489 e. The highest BCUT2D eigenvalue weighted by Crippen LogP contribution is 2.23. The van der Waals surface area contributed by atoms with Crippen molar-refractivity contribution >= 4 is 10.9 Å². The van der Waals surface area contributed by atoms with Gasteiger partial charge in [0, 0.05) is 12.6 Å². The van der Waals surface area contributed by atoms with Crippen molar-refractivity contribution in [2.24, 2.45) is 7.05 Å². The molecule has 2 aromatic carbocycles. The van der Waals surface area contributed by atoms with Gasteiger partial charge < -0.3 is 9.30 Å². The average Bonchev–Trinajstić information content (AvgIpc) is 2.57. The lowest BCUT2D eigenvalue weighted by atomic mass is 10.0. The minimum atomic E-state index is -0.000644. The van der Waals surface area contributed by atoms with Crippen molar-refractivity contribution in [1.29, 1.82) is 0 Å². The van der Waals surface area contributed by atoms with Gasteiger partial charge in [-0.25, -0.2) is 0 Å². The van der Waals surface area contributed by atoms with E-state index in [4.69, 9.17) is 4.74 Å². The molecule has 3 aromatic rings. The lowest BCUT2D eigenvalue weighted by Crippen LogP contribution is -2.18. The van der Waals surface area contributed by atoms with Gasteiger partial charge >= 0.3 is 0 Å². The number of hydrogen-bond acceptors (Lipinski definition) is 2. The summed E-state index contributed by atoms with van der Waals surface area (Å²) in [5.41, 5.74) is 3.48. The molecule has 0 saturated carbocycles. The van der Waals surface area contributed by atoms with Crippen LogP contribution in [-0.2, 0) is 7.05 Å². The summed E-state index contributed by atoms with van der Waals surface area (Å²) in [4.78, 5) is 12.6. The van der Waals surface area contributed by atoms with Gasteiger partial charge in [0.25, 0.3) is 5.56 Å². The molecular formula is C20H19NO2. The van der Waals surface area contributed by atoms with Crippen LogP contribution in [0.1, 0.15) is 6.92 Å². The fourth-order valence-electron chi connectivity index (χ4n) is 2.57. The first kappa shape index (κ1) is 15.1. The van der Waals surface area contributed by atoms with E-state index in [9.17, 15) is 4.79 Å². The molecule has 0 N–H and O–H groups in total. The highest BCUT2D eigenvalue weighted by atomic mass is 16.5. The number of hydrogen-bond donors (Lipinski definition) is 0. The average molecular weight is 305 g/mol. The third-order valence-electron chi connectivity index (χ3n) is 3.78. The van der Waals surface area contributed by atoms with Gasteiger partial charge in [0.2, 0.25) is 0 Å². The molecule has 1 heterocycles. The molecular weight excluding hydrogens is 286 g/mol. The van der Waals surface area contributed by atoms with E-state index < -0.39 is 0 Å². The number of aryl methyl sites for hydroxylation is 1. The van der Waals surface area contributed by atoms with E-state index in [2.05, 4.69) is 6.58 Å². The molecule has 0 aliphatic heterocycles. The topological polar surface area (TPSA) is 31.2 Å². The van der Waals surface area contributed by atoms with E-state index in [0.29, 0.717) is 12.2 Å². The maximum absolute atomic E-state index is 12.6. The normalized spacial score (nSPS) is 10.7. The number of benzene rings is 2. The van der Waals surface area contributed by atoms with Crippen LogP contribution in [-0.4, -0.2) is 11.2 Å². The van der Waals surface area contributed by atoms with Crippen LogP contribution in [0, 0.1) is 0 Å². The quantitative estimate of drug-likeness (QED) is 0.678. The standard InChI is InChI=1S/C20H19NO2/c1-14(2)13-23-17-10-8-15(9-11-17)18-12-16-6-4-5-7-19(16)21(3)20(18)22/h4-12H,1,13H2,2-3H3. The fourth-order valence-corrected chi connectivity index (χ4v) is 2.57. The van der Waals surface area contributed by atoms with Crippen molar-refractivity contribution in [3.8, 4) is 16.9 Å². The molecule has 0 bridgehead atoms. The Bertz CT molecular complexity index is 921. The second kappa shape index (κ2) is 6.13. The van der Waals surface area contributed by atoms with Gasteiger partial charge in [-0.2, -0.15) is 0 Å². The molecule has 0 unspecified atom stereocenters. The van der Waals surface area contributed by atoms with Crippen LogP contribution in [0.5, 0.6) is 5.75 Å². The second-order valence-electron chi connectivity index (χ2n) is 5.75. The third-order valence-corrected chi connectivity index (χ3v) is 3.78. The number of ether oxygens (including phenoxy) is 1. The van der Waals surface area contributed by atoms with Crippen molar-refractivity contribution in [3.05, 3.63) is 77.1 Å². The summed E-state index contributed by atoms with van der Waals surface area (Å²) >= 11 is 0. The predicted octanol–water partition coefficient (Wildman–Crippen LogP) is 4.16. The smallest absolute Gasteiger partial charge is 0.258 e. The summed E-state index contributed by atoms with van der Waals surface area (Å²) in [6, 6.07) is 17.4. The number of nitrogens with zero attached hydrogens (tertiary/aromatic N) is 1. The molecule has 0 atom stereocenters. The van der Waals surface area contributed by atoms with Gasteiger partial charge in [-0.3, -0.25) is 4.79 Å². The molecule has 0 spiro atoms. The zero-order valence-corrected chi connectivity index (χ0v) is 13.4. The van der Waals surface area contributed by atoms with Gasteiger partial charge in [0.15, 0.2) is 0 Å². The van der Waals surface area contributed by atoms with Crippen LogP contribution >= 0.6 is 0 Å². The Hall–Kier alpha value is -2.81. The van der Waals surface area contributed by atoms with Crippen LogP contribution in [0.25, 0.3) is 22.0 Å². The molecule has 116 valence electrons. The van der Waals surface area contributed by atoms with Gasteiger partial charge in [-0.05, 0) is 47.7 Å². The lowest BCUT2D eigenvalue weighted by molar-refractivity contribution is 0.353. The van der Waals surface area contributed by atoms with E-state index in [-0.39, 0.29) is 5.56 Å². The van der Waals surface area contributed by atoms with Crippen LogP contribution < -0.4 is 10.3 Å². The zero-order chi connectivity index (χ0) is 16.4. The highest BCUT2D eigenvalue weighted by molar-refractivity contribution is 5.84. The van der Waals surface area contributed by atoms with E-state index in [1.807, 2.05) is 61.5 Å². The third kappa shape index (κ3) is 3.04. The molecule has 3 nitrogen and oxygen atoms in total. The molecule has 0 amide bonds. The molecule has 0 radical (unpaired) electrons. The van der Waals surface area contributed by atoms with Crippen molar-refractivity contribution in [3.63, 3.8) is 0 Å². The molecule has 0 fully saturated rings. The lowest BCUT2D eigenvalue weighted by Gasteiger charge is -2.10. The molecule has 3 heteroatoms. The summed E-state index contributed by atoms with van der Waals surface area (Å²) in [6.45, 7) is 6.24. The number of rotatable bonds is 4. The van der Waals surface area contributed by atoms with Crippen LogP contribution in [0.3, 0.4) is 0 Å². The summed E-state index contributed by atoms with van der Waals surface area (Å²) in [5.74, 6) is 0.773. The van der Waals surface area contributed by atoms with Gasteiger partial charge in [0.05, 0.1) is 5.52 Å². The first-order chi connectivity index (χ1) is 11.1. The molecule has 0 aliphatic rings. The Balaban J connectivity index is 2.01. The van der Waals surface area contributed by atoms with E-state index in [1.165, 1.54) is 0 Å². The monoisotopic (exact) mass is 305 g/mol. The number of pyridine rings is 1. The van der Waals surface area contributed by atoms with Gasteiger partial charge in [-0.15, -0.1) is 0 Å². The summed E-state index contributed by atoms with van der Waals surface area (Å²) in [6.07, 6.45) is 0. The van der Waals surface area contributed by atoms with Crippen LogP contribution in [0.15, 0.2) is 71.5 Å². The second-order valence-corrected chi connectivity index (χ2v) is 5.75. The van der Waals surface area contributed by atoms with E-state index in [0.717, 1.165) is 27.8 Å². The Kier molecular flexibility index (Phi) is 4.02. The van der Waals surface area contributed by atoms with Gasteiger partial charge in [-0.1, -0.05) is 36.9 Å². The van der Waals surface area contributed by atoms with Crippen molar-refractivity contribution in [2.45, 2.75) is 6.92 Å². The summed E-state index contributed by atoms with van der Waals surface area (Å²) in [5, 5.41) is 1.05. The summed E-state index contributed by atoms with van der Waals surface area (Å²) < 4.78 is 7.29. The number of para-hydroxylation sites is 1. The SMILES string of the molecule is C=C(C)COc1ccc(-c2cc3ccccc3n(C)c2=O)cc1. The first-order valence-electron chi connectivity index (χ1n) is 7.52. The van der Waals surface area contributed by atoms with Crippen molar-refractivity contribution in [2.75, 3.05) is 6.61 Å². The Morgan fingerprint density at radius 3 is 2.52 bits per heavy atom. The summed E-state index contributed by atoms with van der Waals surface area (Å²) in [7, 11) is 1.80. The maximum Gasteiger partial charge on any atom is 0.258 e. The van der Waals surface area contributed by atoms with Crippen molar-refractivity contribution in [1.82, 2.24) is 4.57 Å². The van der Waals surface area contributed by atoms with Crippen molar-refractivity contribution < 1.29 is 4.74 Å². The van der Waals surface area contributed by atoms with Crippen LogP contribution in [0.2, 0.25) is 0 Å². The molecule has 23 heavy (non-hydrogen) atoms. The molecule has 0 saturated heterocycles. The van der Waals surface area contributed by atoms with E-state index in [1.54, 1.807) is 11.6 Å².